The zero-order valence-corrected chi connectivity index (χ0v) is 18.6. The lowest BCUT2D eigenvalue weighted by Crippen LogP contribution is -2.39. The SMILES string of the molecule is CC(C)(C)c1ccc(NCC2CCC(=O)N2CCSc2nc(C(=O)O)cs2)cc1. The molecule has 29 heavy (non-hydrogen) atoms. The van der Waals surface area contributed by atoms with Gasteiger partial charge in [-0.3, -0.25) is 4.79 Å². The summed E-state index contributed by atoms with van der Waals surface area (Å²) in [5, 5.41) is 14.0. The molecule has 1 fully saturated rings. The maximum Gasteiger partial charge on any atom is 0.355 e. The molecule has 2 N–H and O–H groups in total. The highest BCUT2D eigenvalue weighted by atomic mass is 32.2. The monoisotopic (exact) mass is 433 g/mol. The van der Waals surface area contributed by atoms with Gasteiger partial charge in [-0.1, -0.05) is 44.7 Å². The molecule has 156 valence electrons. The van der Waals surface area contributed by atoms with Crippen LogP contribution in [0.3, 0.4) is 0 Å². The number of hydrogen-bond acceptors (Lipinski definition) is 6. The number of carboxylic acids is 1. The molecule has 1 saturated heterocycles. The van der Waals surface area contributed by atoms with Gasteiger partial charge in [-0.25, -0.2) is 9.78 Å². The average Bonchev–Trinajstić information content (AvgIpc) is 3.27. The van der Waals surface area contributed by atoms with Crippen LogP contribution in [0.4, 0.5) is 5.69 Å². The van der Waals surface area contributed by atoms with Crippen LogP contribution < -0.4 is 5.32 Å². The number of nitrogens with one attached hydrogen (secondary N) is 1. The Morgan fingerprint density at radius 1 is 1.34 bits per heavy atom. The first kappa shape index (κ1) is 21.6. The number of carbonyl (C=O) groups excluding carboxylic acids is 1. The fourth-order valence-electron chi connectivity index (χ4n) is 3.29. The summed E-state index contributed by atoms with van der Waals surface area (Å²) in [6, 6.07) is 8.67. The minimum Gasteiger partial charge on any atom is -0.476 e. The summed E-state index contributed by atoms with van der Waals surface area (Å²) in [5.41, 5.74) is 2.57. The van der Waals surface area contributed by atoms with Crippen molar-refractivity contribution in [1.82, 2.24) is 9.88 Å². The van der Waals surface area contributed by atoms with Crippen molar-refractivity contribution in [3.63, 3.8) is 0 Å². The van der Waals surface area contributed by atoms with Crippen molar-refractivity contribution >= 4 is 40.7 Å². The van der Waals surface area contributed by atoms with E-state index in [1.807, 2.05) is 4.90 Å². The van der Waals surface area contributed by atoms with Crippen LogP contribution in [-0.4, -0.2) is 51.8 Å². The zero-order chi connectivity index (χ0) is 21.0. The zero-order valence-electron chi connectivity index (χ0n) is 17.0. The molecule has 8 heteroatoms. The van der Waals surface area contributed by atoms with E-state index in [0.717, 1.165) is 23.0 Å². The molecule has 0 radical (unpaired) electrons. The lowest BCUT2D eigenvalue weighted by Gasteiger charge is -2.25. The number of hydrogen-bond donors (Lipinski definition) is 2. The summed E-state index contributed by atoms with van der Waals surface area (Å²) in [7, 11) is 0. The summed E-state index contributed by atoms with van der Waals surface area (Å²) in [4.78, 5) is 29.2. The van der Waals surface area contributed by atoms with E-state index in [1.54, 1.807) is 5.38 Å². The van der Waals surface area contributed by atoms with Gasteiger partial charge in [0, 0.05) is 42.4 Å². The molecule has 1 aliphatic rings. The third-order valence-electron chi connectivity index (χ3n) is 5.01. The third kappa shape index (κ3) is 5.73. The van der Waals surface area contributed by atoms with Crippen molar-refractivity contribution in [1.29, 1.82) is 0 Å². The molecule has 3 rings (SSSR count). The van der Waals surface area contributed by atoms with Crippen molar-refractivity contribution < 1.29 is 14.7 Å². The maximum atomic E-state index is 12.3. The summed E-state index contributed by atoms with van der Waals surface area (Å²) < 4.78 is 0.725. The number of carboxylic acid groups (broad SMARTS) is 1. The molecular weight excluding hydrogens is 406 g/mol. The number of amides is 1. The number of likely N-dealkylation sites (tertiary alicyclic amines) is 1. The van der Waals surface area contributed by atoms with Crippen LogP contribution in [0.25, 0.3) is 0 Å². The molecule has 0 aliphatic carbocycles. The highest BCUT2D eigenvalue weighted by Crippen LogP contribution is 2.26. The number of thiazole rings is 1. The van der Waals surface area contributed by atoms with Crippen LogP contribution in [0, 0.1) is 0 Å². The fraction of sp³-hybridized carbons (Fsp3) is 0.476. The molecule has 1 amide bonds. The predicted molar refractivity (Wildman–Crippen MR) is 118 cm³/mol. The standard InChI is InChI=1S/C21H27N3O3S2/c1-21(2,3)14-4-6-15(7-5-14)22-12-16-8-9-18(25)24(16)10-11-28-20-23-17(13-29-20)19(26)27/h4-7,13,16,22H,8-12H2,1-3H3,(H,26,27). The molecule has 0 saturated carbocycles. The van der Waals surface area contributed by atoms with E-state index in [9.17, 15) is 9.59 Å². The van der Waals surface area contributed by atoms with Gasteiger partial charge in [0.25, 0.3) is 0 Å². The first-order valence-corrected chi connectivity index (χ1v) is 11.6. The molecule has 6 nitrogen and oxygen atoms in total. The smallest absolute Gasteiger partial charge is 0.355 e. The summed E-state index contributed by atoms with van der Waals surface area (Å²) in [6.45, 7) is 7.96. The van der Waals surface area contributed by atoms with Crippen LogP contribution in [0.5, 0.6) is 0 Å². The molecule has 1 aromatic heterocycles. The summed E-state index contributed by atoms with van der Waals surface area (Å²) in [6.07, 6.45) is 1.44. The minimum atomic E-state index is -1.01. The highest BCUT2D eigenvalue weighted by molar-refractivity contribution is 8.01. The number of anilines is 1. The van der Waals surface area contributed by atoms with E-state index in [0.29, 0.717) is 18.7 Å². The highest BCUT2D eigenvalue weighted by Gasteiger charge is 2.30. The molecule has 2 aromatic rings. The third-order valence-corrected chi connectivity index (χ3v) is 7.01. The molecule has 1 unspecified atom stereocenters. The largest absolute Gasteiger partial charge is 0.476 e. The lowest BCUT2D eigenvalue weighted by atomic mass is 9.87. The number of carbonyl (C=O) groups is 2. The molecule has 0 spiro atoms. The normalized spacial score (nSPS) is 17.0. The van der Waals surface area contributed by atoms with Gasteiger partial charge < -0.3 is 15.3 Å². The Morgan fingerprint density at radius 2 is 2.07 bits per heavy atom. The van der Waals surface area contributed by atoms with Crippen LogP contribution in [0.2, 0.25) is 0 Å². The number of nitrogens with zero attached hydrogens (tertiary/aromatic N) is 2. The molecule has 1 aliphatic heterocycles. The van der Waals surface area contributed by atoms with Gasteiger partial charge in [0.2, 0.25) is 5.91 Å². The van der Waals surface area contributed by atoms with Crippen LogP contribution in [-0.2, 0) is 10.2 Å². The molecule has 0 bridgehead atoms. The summed E-state index contributed by atoms with van der Waals surface area (Å²) in [5.74, 6) is -0.120. The number of benzene rings is 1. The minimum absolute atomic E-state index is 0.0781. The van der Waals surface area contributed by atoms with Crippen LogP contribution in [0.15, 0.2) is 34.0 Å². The predicted octanol–water partition coefficient (Wildman–Crippen LogP) is 4.33. The molecule has 2 heterocycles. The van der Waals surface area contributed by atoms with Crippen molar-refractivity contribution in [3.05, 3.63) is 40.9 Å². The lowest BCUT2D eigenvalue weighted by molar-refractivity contribution is -0.128. The number of rotatable bonds is 8. The Kier molecular flexibility index (Phi) is 6.85. The second kappa shape index (κ2) is 9.17. The van der Waals surface area contributed by atoms with Gasteiger partial charge in [0.15, 0.2) is 10.0 Å². The van der Waals surface area contributed by atoms with Gasteiger partial charge >= 0.3 is 5.97 Å². The number of aromatic nitrogens is 1. The van der Waals surface area contributed by atoms with E-state index in [2.05, 4.69) is 55.3 Å². The maximum absolute atomic E-state index is 12.3. The van der Waals surface area contributed by atoms with Gasteiger partial charge in [0.1, 0.15) is 0 Å². The van der Waals surface area contributed by atoms with Crippen molar-refractivity contribution in [2.45, 2.75) is 49.4 Å². The van der Waals surface area contributed by atoms with Gasteiger partial charge in [0.05, 0.1) is 0 Å². The van der Waals surface area contributed by atoms with Gasteiger partial charge in [-0.15, -0.1) is 11.3 Å². The molecule has 1 aromatic carbocycles. The van der Waals surface area contributed by atoms with E-state index >= 15 is 0 Å². The van der Waals surface area contributed by atoms with Crippen molar-refractivity contribution in [2.24, 2.45) is 0 Å². The van der Waals surface area contributed by atoms with Gasteiger partial charge in [-0.05, 0) is 29.5 Å². The average molecular weight is 434 g/mol. The van der Waals surface area contributed by atoms with E-state index in [1.165, 1.54) is 28.7 Å². The Balaban J connectivity index is 1.50. The number of thioether (sulfide) groups is 1. The number of aromatic carboxylic acids is 1. The first-order valence-electron chi connectivity index (χ1n) is 9.69. The Hall–Kier alpha value is -2.06. The summed E-state index contributed by atoms with van der Waals surface area (Å²) >= 11 is 2.83. The van der Waals surface area contributed by atoms with E-state index < -0.39 is 5.97 Å². The Labute approximate surface area is 179 Å². The van der Waals surface area contributed by atoms with Crippen molar-refractivity contribution in [2.75, 3.05) is 24.2 Å². The topological polar surface area (TPSA) is 82.5 Å². The first-order chi connectivity index (χ1) is 13.7. The van der Waals surface area contributed by atoms with Gasteiger partial charge in [-0.2, -0.15) is 0 Å². The second-order valence-electron chi connectivity index (χ2n) is 8.14. The Morgan fingerprint density at radius 3 is 2.69 bits per heavy atom. The van der Waals surface area contributed by atoms with E-state index in [-0.39, 0.29) is 23.1 Å². The Bertz CT molecular complexity index is 859. The van der Waals surface area contributed by atoms with E-state index in [4.69, 9.17) is 5.11 Å². The van der Waals surface area contributed by atoms with Crippen LogP contribution in [0.1, 0.15) is 49.7 Å². The van der Waals surface area contributed by atoms with Crippen LogP contribution >= 0.6 is 23.1 Å². The second-order valence-corrected chi connectivity index (χ2v) is 10.3. The molecular formula is C21H27N3O3S2. The molecule has 1 atom stereocenters. The van der Waals surface area contributed by atoms with Crippen molar-refractivity contribution in [3.8, 4) is 0 Å². The fourth-order valence-corrected chi connectivity index (χ4v) is 5.10. The quantitative estimate of drug-likeness (QED) is 0.603.